The molecule has 22 heavy (non-hydrogen) atoms. The van der Waals surface area contributed by atoms with Crippen molar-refractivity contribution in [2.75, 3.05) is 0 Å². The summed E-state index contributed by atoms with van der Waals surface area (Å²) in [4.78, 5) is 0. The second-order valence-corrected chi connectivity index (χ2v) is 7.15. The van der Waals surface area contributed by atoms with Crippen molar-refractivity contribution in [2.24, 2.45) is 5.73 Å². The summed E-state index contributed by atoms with van der Waals surface area (Å²) in [7, 11) is 0. The van der Waals surface area contributed by atoms with E-state index in [-0.39, 0.29) is 11.0 Å². The lowest BCUT2D eigenvalue weighted by Crippen LogP contribution is -2.39. The zero-order chi connectivity index (χ0) is 15.8. The van der Waals surface area contributed by atoms with E-state index in [0.29, 0.717) is 0 Å². The number of hydrogen-bond donors (Lipinski definition) is 1. The highest BCUT2D eigenvalue weighted by molar-refractivity contribution is 4.84. The van der Waals surface area contributed by atoms with Gasteiger partial charge in [0.25, 0.3) is 0 Å². The van der Waals surface area contributed by atoms with Gasteiger partial charge in [-0.2, -0.15) is 0 Å². The molecule has 0 atom stereocenters. The van der Waals surface area contributed by atoms with Gasteiger partial charge in [-0.05, 0) is 19.3 Å². The van der Waals surface area contributed by atoms with Crippen molar-refractivity contribution in [1.29, 1.82) is 0 Å². The lowest BCUT2D eigenvalue weighted by molar-refractivity contribution is 0.303. The molecule has 2 nitrogen and oxygen atoms in total. The SMILES string of the molecule is CCCCCCCC(N)(CCCCCC)CCCCCC.O. The van der Waals surface area contributed by atoms with Crippen LogP contribution in [0.3, 0.4) is 0 Å². The molecule has 0 fully saturated rings. The van der Waals surface area contributed by atoms with Gasteiger partial charge in [0.1, 0.15) is 0 Å². The van der Waals surface area contributed by atoms with E-state index in [0.717, 1.165) is 0 Å². The smallest absolute Gasteiger partial charge is 0.0154 e. The molecule has 136 valence electrons. The van der Waals surface area contributed by atoms with Crippen molar-refractivity contribution in [3.8, 4) is 0 Å². The maximum Gasteiger partial charge on any atom is 0.0154 e. The van der Waals surface area contributed by atoms with Crippen LogP contribution >= 0.6 is 0 Å². The summed E-state index contributed by atoms with van der Waals surface area (Å²) in [6.45, 7) is 6.86. The topological polar surface area (TPSA) is 57.5 Å². The molecule has 0 bridgehead atoms. The van der Waals surface area contributed by atoms with Crippen LogP contribution in [-0.4, -0.2) is 11.0 Å². The Bertz CT molecular complexity index is 194. The van der Waals surface area contributed by atoms with E-state index in [1.54, 1.807) is 0 Å². The van der Waals surface area contributed by atoms with Crippen molar-refractivity contribution >= 4 is 0 Å². The highest BCUT2D eigenvalue weighted by Crippen LogP contribution is 2.26. The number of hydrogen-bond acceptors (Lipinski definition) is 1. The first-order valence-corrected chi connectivity index (χ1v) is 9.97. The summed E-state index contributed by atoms with van der Waals surface area (Å²) in [5.74, 6) is 0. The van der Waals surface area contributed by atoms with E-state index < -0.39 is 0 Å². The van der Waals surface area contributed by atoms with Crippen molar-refractivity contribution in [3.63, 3.8) is 0 Å². The molecule has 0 heterocycles. The molecule has 0 aliphatic carbocycles. The normalized spacial score (nSPS) is 11.5. The molecule has 0 saturated heterocycles. The van der Waals surface area contributed by atoms with Gasteiger partial charge in [-0.1, -0.05) is 104 Å². The third-order valence-electron chi connectivity index (χ3n) is 4.83. The van der Waals surface area contributed by atoms with Crippen molar-refractivity contribution in [2.45, 2.75) is 129 Å². The summed E-state index contributed by atoms with van der Waals surface area (Å²) in [6, 6.07) is 0. The fourth-order valence-corrected chi connectivity index (χ4v) is 3.26. The van der Waals surface area contributed by atoms with Crippen LogP contribution in [0.1, 0.15) is 124 Å². The second kappa shape index (κ2) is 17.3. The molecule has 0 saturated carbocycles. The molecule has 2 heteroatoms. The van der Waals surface area contributed by atoms with Crippen LogP contribution in [-0.2, 0) is 0 Å². The summed E-state index contributed by atoms with van der Waals surface area (Å²) < 4.78 is 0. The Kier molecular flexibility index (Phi) is 19.0. The molecule has 0 unspecified atom stereocenters. The minimum atomic E-state index is 0. The standard InChI is InChI=1S/C20H43N.H2O/c1-4-7-10-13-16-19-20(21,17-14-11-8-5-2)18-15-12-9-6-3;/h4-19,21H2,1-3H3;1H2. The molecule has 0 aliphatic rings. The minimum Gasteiger partial charge on any atom is -0.412 e. The Morgan fingerprint density at radius 1 is 0.500 bits per heavy atom. The third kappa shape index (κ3) is 14.8. The summed E-state index contributed by atoms with van der Waals surface area (Å²) in [5, 5.41) is 0. The van der Waals surface area contributed by atoms with E-state index in [1.807, 2.05) is 0 Å². The lowest BCUT2D eigenvalue weighted by Gasteiger charge is -2.30. The minimum absolute atomic E-state index is 0. The Morgan fingerprint density at radius 3 is 1.09 bits per heavy atom. The largest absolute Gasteiger partial charge is 0.412 e. The Morgan fingerprint density at radius 2 is 0.773 bits per heavy atom. The molecule has 0 spiro atoms. The molecule has 0 aromatic rings. The van der Waals surface area contributed by atoms with Gasteiger partial charge in [-0.15, -0.1) is 0 Å². The van der Waals surface area contributed by atoms with Crippen LogP contribution in [0.15, 0.2) is 0 Å². The fourth-order valence-electron chi connectivity index (χ4n) is 3.26. The monoisotopic (exact) mass is 315 g/mol. The van der Waals surface area contributed by atoms with E-state index in [2.05, 4.69) is 20.8 Å². The van der Waals surface area contributed by atoms with E-state index >= 15 is 0 Å². The van der Waals surface area contributed by atoms with Gasteiger partial charge in [0, 0.05) is 5.54 Å². The van der Waals surface area contributed by atoms with Gasteiger partial charge in [0.2, 0.25) is 0 Å². The van der Waals surface area contributed by atoms with Crippen molar-refractivity contribution in [1.82, 2.24) is 0 Å². The van der Waals surface area contributed by atoms with Gasteiger partial charge >= 0.3 is 0 Å². The highest BCUT2D eigenvalue weighted by Gasteiger charge is 2.23. The molecule has 0 aromatic carbocycles. The van der Waals surface area contributed by atoms with E-state index in [9.17, 15) is 0 Å². The molecular weight excluding hydrogens is 270 g/mol. The average molecular weight is 316 g/mol. The maximum absolute atomic E-state index is 6.78. The summed E-state index contributed by atoms with van der Waals surface area (Å²) >= 11 is 0. The number of nitrogens with two attached hydrogens (primary N) is 1. The molecule has 0 amide bonds. The first-order chi connectivity index (χ1) is 10.2. The van der Waals surface area contributed by atoms with Crippen molar-refractivity contribution in [3.05, 3.63) is 0 Å². The lowest BCUT2D eigenvalue weighted by atomic mass is 9.83. The molecule has 0 aromatic heterocycles. The van der Waals surface area contributed by atoms with Gasteiger partial charge < -0.3 is 11.2 Å². The number of rotatable bonds is 16. The molecular formula is C20H45NO. The zero-order valence-corrected chi connectivity index (χ0v) is 15.9. The maximum atomic E-state index is 6.78. The van der Waals surface area contributed by atoms with Gasteiger partial charge in [-0.3, -0.25) is 0 Å². The Labute approximate surface area is 140 Å². The Balaban J connectivity index is 0. The third-order valence-corrected chi connectivity index (χ3v) is 4.83. The predicted molar refractivity (Wildman–Crippen MR) is 101 cm³/mol. The first kappa shape index (κ1) is 24.2. The Hall–Kier alpha value is -0.0800. The first-order valence-electron chi connectivity index (χ1n) is 9.97. The van der Waals surface area contributed by atoms with Gasteiger partial charge in [0.15, 0.2) is 0 Å². The van der Waals surface area contributed by atoms with Crippen LogP contribution in [0, 0.1) is 0 Å². The second-order valence-electron chi connectivity index (χ2n) is 7.15. The summed E-state index contributed by atoms with van der Waals surface area (Å²) in [5.41, 5.74) is 6.92. The fraction of sp³-hybridized carbons (Fsp3) is 1.00. The predicted octanol–water partition coefficient (Wildman–Crippen LogP) is 6.16. The van der Waals surface area contributed by atoms with Crippen LogP contribution < -0.4 is 5.73 Å². The molecule has 4 N–H and O–H groups in total. The van der Waals surface area contributed by atoms with Gasteiger partial charge in [0.05, 0.1) is 0 Å². The van der Waals surface area contributed by atoms with Crippen LogP contribution in [0.5, 0.6) is 0 Å². The van der Waals surface area contributed by atoms with Gasteiger partial charge in [-0.25, -0.2) is 0 Å². The highest BCUT2D eigenvalue weighted by atomic mass is 16.0. The van der Waals surface area contributed by atoms with Crippen LogP contribution in [0.2, 0.25) is 0 Å². The van der Waals surface area contributed by atoms with Crippen LogP contribution in [0.25, 0.3) is 0 Å². The summed E-state index contributed by atoms with van der Waals surface area (Å²) in [6.07, 6.45) is 21.5. The van der Waals surface area contributed by atoms with E-state index in [1.165, 1.54) is 103 Å². The van der Waals surface area contributed by atoms with E-state index in [4.69, 9.17) is 5.73 Å². The average Bonchev–Trinajstić information content (AvgIpc) is 2.48. The quantitative estimate of drug-likeness (QED) is 0.341. The zero-order valence-electron chi connectivity index (χ0n) is 15.9. The molecule has 0 rings (SSSR count). The molecule has 0 radical (unpaired) electrons. The van der Waals surface area contributed by atoms with Crippen molar-refractivity contribution < 1.29 is 5.48 Å². The number of unbranched alkanes of at least 4 members (excludes halogenated alkanes) is 10. The van der Waals surface area contributed by atoms with Crippen LogP contribution in [0.4, 0.5) is 0 Å². The molecule has 0 aliphatic heterocycles.